The molecule has 0 radical (unpaired) electrons. The van der Waals surface area contributed by atoms with Crippen LogP contribution in [0.25, 0.3) is 10.9 Å². The van der Waals surface area contributed by atoms with Crippen molar-refractivity contribution in [2.45, 2.75) is 65.6 Å². The molecule has 0 unspecified atom stereocenters. The zero-order valence-electron chi connectivity index (χ0n) is 20.0. The van der Waals surface area contributed by atoms with Crippen LogP contribution in [-0.2, 0) is 25.9 Å². The summed E-state index contributed by atoms with van der Waals surface area (Å²) in [5, 5.41) is 1.24. The number of nitrogens with one attached hydrogen (secondary N) is 1. The van der Waals surface area contributed by atoms with E-state index < -0.39 is 0 Å². The lowest BCUT2D eigenvalue weighted by atomic mass is 10.0. The van der Waals surface area contributed by atoms with Gasteiger partial charge in [0.2, 0.25) is 0 Å². The number of hydrogen-bond donors (Lipinski definition) is 1. The Morgan fingerprint density at radius 3 is 2.79 bits per heavy atom. The number of aromatic nitrogens is 2. The summed E-state index contributed by atoms with van der Waals surface area (Å²) in [4.78, 5) is 34.7. The lowest BCUT2D eigenvalue weighted by Crippen LogP contribution is -2.40. The van der Waals surface area contributed by atoms with Crippen LogP contribution in [0.1, 0.15) is 59.7 Å². The van der Waals surface area contributed by atoms with Crippen LogP contribution >= 0.6 is 0 Å². The standard InChI is InChI=1S/C27H34N4O2/c1-4-24-26(25(32)15-18(3)31(24)16-19-9-8-13-29(19)5-2)27(33)30-14-12-21-20-10-6-7-11-22(20)28-23(21)17-30/h6-7,10-11,15,19,28H,4-5,8-9,12-14,16-17H2,1-3H3/t19-/m0/s1. The van der Waals surface area contributed by atoms with Crippen LogP contribution in [0.4, 0.5) is 0 Å². The number of likely N-dealkylation sites (N-methyl/N-ethyl adjacent to an activating group) is 1. The molecule has 5 rings (SSSR count). The van der Waals surface area contributed by atoms with Crippen molar-refractivity contribution in [1.82, 2.24) is 19.4 Å². The summed E-state index contributed by atoms with van der Waals surface area (Å²) in [5.74, 6) is -0.131. The third-order valence-corrected chi connectivity index (χ3v) is 7.64. The first-order valence-electron chi connectivity index (χ1n) is 12.4. The highest BCUT2D eigenvalue weighted by Crippen LogP contribution is 2.28. The van der Waals surface area contributed by atoms with E-state index in [0.29, 0.717) is 31.1 Å². The summed E-state index contributed by atoms with van der Waals surface area (Å²) in [7, 11) is 0. The van der Waals surface area contributed by atoms with E-state index in [1.807, 2.05) is 17.9 Å². The van der Waals surface area contributed by atoms with Crippen molar-refractivity contribution >= 4 is 16.8 Å². The Hall–Kier alpha value is -2.86. The van der Waals surface area contributed by atoms with E-state index in [0.717, 1.165) is 48.7 Å². The fourth-order valence-corrected chi connectivity index (χ4v) is 5.93. The van der Waals surface area contributed by atoms with Crippen LogP contribution in [0.5, 0.6) is 0 Å². The van der Waals surface area contributed by atoms with E-state index in [4.69, 9.17) is 0 Å². The van der Waals surface area contributed by atoms with Gasteiger partial charge in [-0.25, -0.2) is 0 Å². The molecule has 2 aliphatic heterocycles. The van der Waals surface area contributed by atoms with Crippen molar-refractivity contribution in [3.05, 3.63) is 68.8 Å². The van der Waals surface area contributed by atoms with E-state index in [-0.39, 0.29) is 11.3 Å². The second kappa shape index (κ2) is 8.82. The lowest BCUT2D eigenvalue weighted by molar-refractivity contribution is 0.0729. The predicted octanol–water partition coefficient (Wildman–Crippen LogP) is 3.88. The van der Waals surface area contributed by atoms with Gasteiger partial charge in [-0.15, -0.1) is 0 Å². The summed E-state index contributed by atoms with van der Waals surface area (Å²) in [5.41, 5.74) is 5.55. The second-order valence-corrected chi connectivity index (χ2v) is 9.46. The Kier molecular flexibility index (Phi) is 5.87. The first kappa shape index (κ1) is 22.0. The highest BCUT2D eigenvalue weighted by Gasteiger charge is 2.30. The molecule has 2 aliphatic rings. The molecule has 0 saturated carbocycles. The molecule has 0 aliphatic carbocycles. The Labute approximate surface area is 195 Å². The third-order valence-electron chi connectivity index (χ3n) is 7.64. The number of benzene rings is 1. The lowest BCUT2D eigenvalue weighted by Gasteiger charge is -2.30. The molecule has 3 aromatic rings. The Morgan fingerprint density at radius 2 is 2.00 bits per heavy atom. The zero-order chi connectivity index (χ0) is 23.1. The van der Waals surface area contributed by atoms with Crippen molar-refractivity contribution in [1.29, 1.82) is 0 Å². The van der Waals surface area contributed by atoms with E-state index in [1.54, 1.807) is 6.07 Å². The largest absolute Gasteiger partial charge is 0.357 e. The minimum Gasteiger partial charge on any atom is -0.357 e. The van der Waals surface area contributed by atoms with Crippen molar-refractivity contribution in [3.63, 3.8) is 0 Å². The molecule has 1 N–H and O–H groups in total. The van der Waals surface area contributed by atoms with Gasteiger partial charge in [0.1, 0.15) is 5.56 Å². The van der Waals surface area contributed by atoms with E-state index in [9.17, 15) is 9.59 Å². The molecular formula is C27H34N4O2. The minimum absolute atomic E-state index is 0.131. The average molecular weight is 447 g/mol. The average Bonchev–Trinajstić information content (AvgIpc) is 3.43. The monoisotopic (exact) mass is 446 g/mol. The minimum atomic E-state index is -0.146. The van der Waals surface area contributed by atoms with Gasteiger partial charge in [0.05, 0.1) is 6.54 Å². The second-order valence-electron chi connectivity index (χ2n) is 9.46. The van der Waals surface area contributed by atoms with Crippen LogP contribution in [0.15, 0.2) is 35.1 Å². The molecule has 0 spiro atoms. The number of amides is 1. The summed E-state index contributed by atoms with van der Waals surface area (Å²) in [6.45, 7) is 10.4. The quantitative estimate of drug-likeness (QED) is 0.647. The van der Waals surface area contributed by atoms with Gasteiger partial charge in [0.15, 0.2) is 5.43 Å². The first-order valence-corrected chi connectivity index (χ1v) is 12.4. The molecule has 1 atom stereocenters. The van der Waals surface area contributed by atoms with Crippen molar-refractivity contribution in [2.75, 3.05) is 19.6 Å². The highest BCUT2D eigenvalue weighted by molar-refractivity contribution is 5.96. The van der Waals surface area contributed by atoms with Gasteiger partial charge in [-0.05, 0) is 57.3 Å². The van der Waals surface area contributed by atoms with Crippen molar-refractivity contribution in [2.24, 2.45) is 0 Å². The van der Waals surface area contributed by atoms with Gasteiger partial charge in [-0.2, -0.15) is 0 Å². The Balaban J connectivity index is 1.48. The molecule has 174 valence electrons. The van der Waals surface area contributed by atoms with Gasteiger partial charge >= 0.3 is 0 Å². The molecule has 6 heteroatoms. The summed E-state index contributed by atoms with van der Waals surface area (Å²) >= 11 is 0. The Bertz CT molecular complexity index is 1250. The van der Waals surface area contributed by atoms with Crippen LogP contribution < -0.4 is 5.43 Å². The molecule has 1 aromatic carbocycles. The SMILES string of the molecule is CCc1c(C(=O)N2CCc3c([nH]c4ccccc34)C2)c(=O)cc(C)n1C[C@@H]1CCCN1CC. The summed E-state index contributed by atoms with van der Waals surface area (Å²) in [6, 6.07) is 10.4. The molecule has 6 nitrogen and oxygen atoms in total. The fraction of sp³-hybridized carbons (Fsp3) is 0.481. The number of pyridine rings is 1. The molecule has 4 heterocycles. The number of para-hydroxylation sites is 1. The molecule has 1 fully saturated rings. The number of hydrogen-bond acceptors (Lipinski definition) is 3. The molecule has 33 heavy (non-hydrogen) atoms. The number of carbonyl (C=O) groups is 1. The summed E-state index contributed by atoms with van der Waals surface area (Å²) < 4.78 is 2.24. The number of carbonyl (C=O) groups excluding carboxylic acids is 1. The predicted molar refractivity (Wildman–Crippen MR) is 132 cm³/mol. The molecular weight excluding hydrogens is 412 g/mol. The van der Waals surface area contributed by atoms with E-state index in [2.05, 4.69) is 46.5 Å². The molecule has 1 amide bonds. The number of nitrogens with zero attached hydrogens (tertiary/aromatic N) is 3. The van der Waals surface area contributed by atoms with Crippen LogP contribution in [-0.4, -0.2) is 50.9 Å². The molecule has 1 saturated heterocycles. The molecule has 2 aromatic heterocycles. The number of aryl methyl sites for hydroxylation is 1. The smallest absolute Gasteiger partial charge is 0.259 e. The first-order chi connectivity index (χ1) is 16.0. The van der Waals surface area contributed by atoms with Gasteiger partial charge in [-0.3, -0.25) is 14.5 Å². The fourth-order valence-electron chi connectivity index (χ4n) is 5.93. The normalized spacial score (nSPS) is 18.8. The Morgan fingerprint density at radius 1 is 1.18 bits per heavy atom. The summed E-state index contributed by atoms with van der Waals surface area (Å²) in [6.07, 6.45) is 3.86. The molecule has 0 bridgehead atoms. The van der Waals surface area contributed by atoms with Crippen molar-refractivity contribution < 1.29 is 4.79 Å². The van der Waals surface area contributed by atoms with Gasteiger partial charge in [0, 0.05) is 53.2 Å². The topological polar surface area (TPSA) is 61.3 Å². The van der Waals surface area contributed by atoms with Gasteiger partial charge in [0.25, 0.3) is 5.91 Å². The van der Waals surface area contributed by atoms with E-state index >= 15 is 0 Å². The number of rotatable bonds is 5. The third kappa shape index (κ3) is 3.80. The maximum atomic E-state index is 13.7. The maximum Gasteiger partial charge on any atom is 0.259 e. The highest BCUT2D eigenvalue weighted by atomic mass is 16.2. The van der Waals surface area contributed by atoms with Crippen LogP contribution in [0, 0.1) is 6.92 Å². The van der Waals surface area contributed by atoms with Crippen LogP contribution in [0.3, 0.4) is 0 Å². The van der Waals surface area contributed by atoms with E-state index in [1.165, 1.54) is 23.8 Å². The zero-order valence-corrected chi connectivity index (χ0v) is 20.0. The number of fused-ring (bicyclic) bond motifs is 3. The number of H-pyrrole nitrogens is 1. The van der Waals surface area contributed by atoms with Gasteiger partial charge in [-0.1, -0.05) is 32.0 Å². The maximum absolute atomic E-state index is 13.7. The number of likely N-dealkylation sites (tertiary alicyclic amines) is 1. The number of aromatic amines is 1. The van der Waals surface area contributed by atoms with Crippen molar-refractivity contribution in [3.8, 4) is 0 Å². The van der Waals surface area contributed by atoms with Gasteiger partial charge < -0.3 is 14.5 Å². The van der Waals surface area contributed by atoms with Crippen LogP contribution in [0.2, 0.25) is 0 Å².